The minimum atomic E-state index is -0.218. The average Bonchev–Trinajstić information content (AvgIpc) is 2.74. The SMILES string of the molecule is N#CC(C#N)=C1C=CC=CN1C(=Cc1ccccc1)C(=O)c1ccc(Br)cc1. The summed E-state index contributed by atoms with van der Waals surface area (Å²) >= 11 is 3.37. The molecule has 0 atom stereocenters. The second kappa shape index (κ2) is 8.81. The van der Waals surface area contributed by atoms with Crippen LogP contribution in [0.25, 0.3) is 6.08 Å². The smallest absolute Gasteiger partial charge is 0.209 e. The van der Waals surface area contributed by atoms with Crippen LogP contribution >= 0.6 is 15.9 Å². The summed E-state index contributed by atoms with van der Waals surface area (Å²) < 4.78 is 0.871. The van der Waals surface area contributed by atoms with Gasteiger partial charge in [0.1, 0.15) is 12.1 Å². The second-order valence-corrected chi connectivity index (χ2v) is 6.75. The molecule has 0 aliphatic carbocycles. The van der Waals surface area contributed by atoms with Gasteiger partial charge in [-0.3, -0.25) is 4.79 Å². The molecule has 0 fully saturated rings. The maximum absolute atomic E-state index is 13.3. The van der Waals surface area contributed by atoms with Crippen LogP contribution in [0.4, 0.5) is 0 Å². The van der Waals surface area contributed by atoms with Gasteiger partial charge in [-0.25, -0.2) is 0 Å². The van der Waals surface area contributed by atoms with Crippen molar-refractivity contribution in [3.63, 3.8) is 0 Å². The maximum Gasteiger partial charge on any atom is 0.209 e. The zero-order chi connectivity index (χ0) is 19.9. The van der Waals surface area contributed by atoms with Gasteiger partial charge in [0.05, 0.1) is 11.4 Å². The van der Waals surface area contributed by atoms with Gasteiger partial charge in [-0.1, -0.05) is 52.3 Å². The van der Waals surface area contributed by atoms with Crippen molar-refractivity contribution in [3.05, 3.63) is 112 Å². The Hall–Kier alpha value is -3.67. The second-order valence-electron chi connectivity index (χ2n) is 5.83. The highest BCUT2D eigenvalue weighted by Gasteiger charge is 2.23. The molecule has 134 valence electrons. The molecule has 2 aromatic carbocycles. The molecule has 0 spiro atoms. The number of carbonyl (C=O) groups excluding carboxylic acids is 1. The van der Waals surface area contributed by atoms with Gasteiger partial charge in [-0.05, 0) is 48.1 Å². The molecule has 5 heteroatoms. The van der Waals surface area contributed by atoms with Crippen molar-refractivity contribution in [2.24, 2.45) is 0 Å². The molecular formula is C23H14BrN3O. The number of nitriles is 2. The van der Waals surface area contributed by atoms with Gasteiger partial charge in [0, 0.05) is 16.2 Å². The molecule has 1 heterocycles. The lowest BCUT2D eigenvalue weighted by Crippen LogP contribution is -2.24. The Bertz CT molecular complexity index is 1080. The Balaban J connectivity index is 2.17. The summed E-state index contributed by atoms with van der Waals surface area (Å²) in [7, 11) is 0. The monoisotopic (exact) mass is 427 g/mol. The van der Waals surface area contributed by atoms with Crippen LogP contribution < -0.4 is 0 Å². The van der Waals surface area contributed by atoms with E-state index in [0.29, 0.717) is 17.0 Å². The largest absolute Gasteiger partial charge is 0.312 e. The fourth-order valence-corrected chi connectivity index (χ4v) is 2.96. The lowest BCUT2D eigenvalue weighted by molar-refractivity contribution is 0.101. The third kappa shape index (κ3) is 4.17. The van der Waals surface area contributed by atoms with Crippen LogP contribution in [-0.4, -0.2) is 10.7 Å². The van der Waals surface area contributed by atoms with Crippen molar-refractivity contribution in [2.45, 2.75) is 0 Å². The number of halogens is 1. The number of carbonyl (C=O) groups is 1. The fraction of sp³-hybridized carbons (Fsp3) is 0. The summed E-state index contributed by atoms with van der Waals surface area (Å²) in [4.78, 5) is 14.9. The van der Waals surface area contributed by atoms with Crippen LogP contribution in [0.2, 0.25) is 0 Å². The van der Waals surface area contributed by atoms with Gasteiger partial charge in [-0.15, -0.1) is 0 Å². The number of hydrogen-bond donors (Lipinski definition) is 0. The number of nitrogens with zero attached hydrogens (tertiary/aromatic N) is 3. The number of ketones is 1. The first-order chi connectivity index (χ1) is 13.6. The Labute approximate surface area is 171 Å². The molecule has 2 aromatic rings. The number of Topliss-reactive ketones (excluding diaryl/α,β-unsaturated/α-hetero) is 1. The van der Waals surface area contributed by atoms with Crippen molar-refractivity contribution < 1.29 is 4.79 Å². The van der Waals surface area contributed by atoms with E-state index in [0.717, 1.165) is 10.0 Å². The highest BCUT2D eigenvalue weighted by molar-refractivity contribution is 9.10. The van der Waals surface area contributed by atoms with E-state index in [1.807, 2.05) is 42.5 Å². The molecule has 4 nitrogen and oxygen atoms in total. The fourth-order valence-electron chi connectivity index (χ4n) is 2.70. The third-order valence-electron chi connectivity index (χ3n) is 4.04. The first-order valence-corrected chi connectivity index (χ1v) is 9.19. The molecule has 0 radical (unpaired) electrons. The number of allylic oxidation sites excluding steroid dienone is 5. The first kappa shape index (κ1) is 19.1. The van der Waals surface area contributed by atoms with Gasteiger partial charge < -0.3 is 4.90 Å². The van der Waals surface area contributed by atoms with Crippen LogP contribution in [0, 0.1) is 22.7 Å². The average molecular weight is 428 g/mol. The highest BCUT2D eigenvalue weighted by Crippen LogP contribution is 2.27. The van der Waals surface area contributed by atoms with E-state index in [2.05, 4.69) is 15.9 Å². The van der Waals surface area contributed by atoms with Crippen molar-refractivity contribution >= 4 is 27.8 Å². The predicted molar refractivity (Wildman–Crippen MR) is 111 cm³/mol. The molecule has 0 unspecified atom stereocenters. The summed E-state index contributed by atoms with van der Waals surface area (Å²) in [6, 6.07) is 20.3. The summed E-state index contributed by atoms with van der Waals surface area (Å²) in [5.41, 5.74) is 1.97. The maximum atomic E-state index is 13.3. The van der Waals surface area contributed by atoms with Crippen molar-refractivity contribution in [1.29, 1.82) is 10.5 Å². The lowest BCUT2D eigenvalue weighted by Gasteiger charge is -2.26. The molecule has 3 rings (SSSR count). The minimum absolute atomic E-state index is 0.0665. The summed E-state index contributed by atoms with van der Waals surface area (Å²) in [6.07, 6.45) is 8.56. The van der Waals surface area contributed by atoms with Crippen molar-refractivity contribution in [1.82, 2.24) is 4.90 Å². The van der Waals surface area contributed by atoms with Crippen LogP contribution in [-0.2, 0) is 0 Å². The van der Waals surface area contributed by atoms with Gasteiger partial charge in [0.15, 0.2) is 5.57 Å². The quantitative estimate of drug-likeness (QED) is 0.374. The Kier molecular flexibility index (Phi) is 6.01. The van der Waals surface area contributed by atoms with Crippen LogP contribution in [0.15, 0.2) is 100 Å². The van der Waals surface area contributed by atoms with E-state index in [-0.39, 0.29) is 11.4 Å². The van der Waals surface area contributed by atoms with Crippen LogP contribution in [0.3, 0.4) is 0 Å². The van der Waals surface area contributed by atoms with Gasteiger partial charge in [0.25, 0.3) is 0 Å². The molecule has 1 aliphatic rings. The summed E-state index contributed by atoms with van der Waals surface area (Å²) in [5.74, 6) is -0.218. The van der Waals surface area contributed by atoms with Crippen molar-refractivity contribution in [3.8, 4) is 12.1 Å². The van der Waals surface area contributed by atoms with E-state index in [4.69, 9.17) is 0 Å². The topological polar surface area (TPSA) is 67.9 Å². The summed E-state index contributed by atoms with van der Waals surface area (Å²) in [6.45, 7) is 0. The van der Waals surface area contributed by atoms with E-state index in [1.165, 1.54) is 0 Å². The lowest BCUT2D eigenvalue weighted by atomic mass is 10.0. The molecule has 0 saturated carbocycles. The Morgan fingerprint density at radius 2 is 1.64 bits per heavy atom. The molecule has 1 aliphatic heterocycles. The van der Waals surface area contributed by atoms with E-state index in [1.54, 1.807) is 59.7 Å². The Morgan fingerprint density at radius 3 is 2.29 bits per heavy atom. The number of hydrogen-bond acceptors (Lipinski definition) is 4. The molecule has 0 N–H and O–H groups in total. The standard InChI is InChI=1S/C23H14BrN3O/c24-20-11-9-18(10-12-20)23(28)22(14-17-6-2-1-3-7-17)27-13-5-4-8-21(27)19(15-25)16-26/h1-14H. The first-order valence-electron chi connectivity index (χ1n) is 8.39. The molecule has 28 heavy (non-hydrogen) atoms. The van der Waals surface area contributed by atoms with E-state index < -0.39 is 0 Å². The Morgan fingerprint density at radius 1 is 0.964 bits per heavy atom. The van der Waals surface area contributed by atoms with Crippen LogP contribution in [0.5, 0.6) is 0 Å². The normalized spacial score (nSPS) is 13.0. The number of benzene rings is 2. The summed E-state index contributed by atoms with van der Waals surface area (Å²) in [5, 5.41) is 18.7. The highest BCUT2D eigenvalue weighted by atomic mass is 79.9. The van der Waals surface area contributed by atoms with Gasteiger partial charge in [-0.2, -0.15) is 10.5 Å². The molecule has 0 saturated heterocycles. The zero-order valence-electron chi connectivity index (χ0n) is 14.7. The zero-order valence-corrected chi connectivity index (χ0v) is 16.3. The van der Waals surface area contributed by atoms with Gasteiger partial charge >= 0.3 is 0 Å². The van der Waals surface area contributed by atoms with E-state index in [9.17, 15) is 15.3 Å². The molecule has 0 amide bonds. The minimum Gasteiger partial charge on any atom is -0.312 e. The van der Waals surface area contributed by atoms with Gasteiger partial charge in [0.2, 0.25) is 5.78 Å². The third-order valence-corrected chi connectivity index (χ3v) is 4.57. The van der Waals surface area contributed by atoms with Crippen LogP contribution in [0.1, 0.15) is 15.9 Å². The van der Waals surface area contributed by atoms with Crippen molar-refractivity contribution in [2.75, 3.05) is 0 Å². The molecule has 0 bridgehead atoms. The predicted octanol–water partition coefficient (Wildman–Crippen LogP) is 5.36. The molecule has 0 aromatic heterocycles. The number of rotatable bonds is 4. The van der Waals surface area contributed by atoms with E-state index >= 15 is 0 Å². The molecular weight excluding hydrogens is 414 g/mol.